The molecule has 0 heterocycles. The topological polar surface area (TPSA) is 0 Å². The summed E-state index contributed by atoms with van der Waals surface area (Å²) in [4.78, 5) is 0. The zero-order valence-corrected chi connectivity index (χ0v) is 24.4. The average molecular weight is 543 g/mol. The molecule has 6 aromatic rings. The molecule has 0 unspecified atom stereocenters. The molecule has 0 bridgehead atoms. The highest BCUT2D eigenvalue weighted by atomic mass is 14.1. The SMILES string of the molecule is C(=C(c1ccccc1)c1ccccc1)c1ccc(-c2ccc(Cc3ccccc3)cc2)cc1.C=C.Cc1ccccc1. The van der Waals surface area contributed by atoms with Crippen molar-refractivity contribution < 1.29 is 0 Å². The highest BCUT2D eigenvalue weighted by Gasteiger charge is 2.05. The Labute approximate surface area is 252 Å². The smallest absolute Gasteiger partial charge is 0.00258 e. The first kappa shape index (κ1) is 29.8. The molecule has 0 aliphatic carbocycles. The molecular weight excluding hydrogens is 504 g/mol. The van der Waals surface area contributed by atoms with Gasteiger partial charge in [0.25, 0.3) is 0 Å². The summed E-state index contributed by atoms with van der Waals surface area (Å²) in [6.45, 7) is 8.08. The van der Waals surface area contributed by atoms with Crippen LogP contribution in [-0.2, 0) is 6.42 Å². The first-order chi connectivity index (χ1) is 20.7. The molecule has 0 radical (unpaired) electrons. The van der Waals surface area contributed by atoms with Gasteiger partial charge in [0.1, 0.15) is 0 Å². The van der Waals surface area contributed by atoms with Crippen LogP contribution in [0.15, 0.2) is 183 Å². The summed E-state index contributed by atoms with van der Waals surface area (Å²) in [5, 5.41) is 0. The van der Waals surface area contributed by atoms with E-state index in [0.29, 0.717) is 0 Å². The van der Waals surface area contributed by atoms with Gasteiger partial charge in [0.05, 0.1) is 0 Å². The van der Waals surface area contributed by atoms with E-state index in [0.717, 1.165) is 6.42 Å². The molecule has 0 spiro atoms. The van der Waals surface area contributed by atoms with E-state index < -0.39 is 0 Å². The van der Waals surface area contributed by atoms with Gasteiger partial charge in [-0.1, -0.05) is 175 Å². The third-order valence-corrected chi connectivity index (χ3v) is 6.87. The molecule has 0 atom stereocenters. The molecule has 6 rings (SSSR count). The largest absolute Gasteiger partial charge is 0.106 e. The Hall–Kier alpha value is -5.20. The van der Waals surface area contributed by atoms with Crippen LogP contribution in [-0.4, -0.2) is 0 Å². The molecule has 0 aliphatic rings. The van der Waals surface area contributed by atoms with E-state index in [2.05, 4.69) is 178 Å². The van der Waals surface area contributed by atoms with Gasteiger partial charge in [-0.15, -0.1) is 13.2 Å². The summed E-state index contributed by atoms with van der Waals surface area (Å²) in [7, 11) is 0. The molecule has 6 aromatic carbocycles. The van der Waals surface area contributed by atoms with Crippen molar-refractivity contribution >= 4 is 11.6 Å². The van der Waals surface area contributed by atoms with E-state index in [4.69, 9.17) is 0 Å². The third-order valence-electron chi connectivity index (χ3n) is 6.87. The maximum atomic E-state index is 3.00. The number of aryl methyl sites for hydroxylation is 1. The maximum absolute atomic E-state index is 3.00. The molecule has 0 fully saturated rings. The minimum atomic E-state index is 0.965. The maximum Gasteiger partial charge on any atom is -0.00258 e. The third kappa shape index (κ3) is 8.91. The van der Waals surface area contributed by atoms with Crippen molar-refractivity contribution in [3.8, 4) is 11.1 Å². The predicted octanol–water partition coefficient (Wildman–Crippen LogP) is 11.3. The molecule has 0 saturated carbocycles. The summed E-state index contributed by atoms with van der Waals surface area (Å²) in [5.41, 5.74) is 11.4. The van der Waals surface area contributed by atoms with E-state index in [-0.39, 0.29) is 0 Å². The Balaban J connectivity index is 0.000000390. The molecule has 0 N–H and O–H groups in total. The Morgan fingerprint density at radius 3 is 1.26 bits per heavy atom. The molecule has 42 heavy (non-hydrogen) atoms. The fraction of sp³-hybridized carbons (Fsp3) is 0.0476. The molecular formula is C42H38. The zero-order chi connectivity index (χ0) is 29.4. The Morgan fingerprint density at radius 2 is 0.833 bits per heavy atom. The summed E-state index contributed by atoms with van der Waals surface area (Å²) < 4.78 is 0. The minimum absolute atomic E-state index is 0.965. The normalized spacial score (nSPS) is 9.83. The lowest BCUT2D eigenvalue weighted by molar-refractivity contribution is 1.19. The van der Waals surface area contributed by atoms with Crippen molar-refractivity contribution in [3.05, 3.63) is 216 Å². The Kier molecular flexibility index (Phi) is 11.5. The van der Waals surface area contributed by atoms with Gasteiger partial charge in [0.2, 0.25) is 0 Å². The highest BCUT2D eigenvalue weighted by molar-refractivity contribution is 5.91. The van der Waals surface area contributed by atoms with Crippen LogP contribution >= 0.6 is 0 Å². The summed E-state index contributed by atoms with van der Waals surface area (Å²) in [6, 6.07) is 59.8. The summed E-state index contributed by atoms with van der Waals surface area (Å²) >= 11 is 0. The molecule has 0 nitrogen and oxygen atoms in total. The van der Waals surface area contributed by atoms with E-state index in [1.807, 2.05) is 18.2 Å². The minimum Gasteiger partial charge on any atom is -0.106 e. The van der Waals surface area contributed by atoms with Crippen molar-refractivity contribution in [3.63, 3.8) is 0 Å². The summed E-state index contributed by atoms with van der Waals surface area (Å²) in [6.07, 6.45) is 3.24. The summed E-state index contributed by atoms with van der Waals surface area (Å²) in [5.74, 6) is 0. The molecule has 0 aliphatic heterocycles. The number of hydrogen-bond acceptors (Lipinski definition) is 0. The van der Waals surface area contributed by atoms with Crippen molar-refractivity contribution in [2.24, 2.45) is 0 Å². The Bertz CT molecular complexity index is 1570. The van der Waals surface area contributed by atoms with Crippen molar-refractivity contribution in [1.29, 1.82) is 0 Å². The van der Waals surface area contributed by atoms with Gasteiger partial charge >= 0.3 is 0 Å². The van der Waals surface area contributed by atoms with E-state index >= 15 is 0 Å². The number of rotatable bonds is 6. The zero-order valence-electron chi connectivity index (χ0n) is 24.4. The average Bonchev–Trinajstić information content (AvgIpc) is 3.07. The lowest BCUT2D eigenvalue weighted by atomic mass is 9.95. The van der Waals surface area contributed by atoms with Gasteiger partial charge < -0.3 is 0 Å². The highest BCUT2D eigenvalue weighted by Crippen LogP contribution is 2.27. The van der Waals surface area contributed by atoms with Gasteiger partial charge in [-0.25, -0.2) is 0 Å². The fourth-order valence-electron chi connectivity index (χ4n) is 4.69. The van der Waals surface area contributed by atoms with Crippen molar-refractivity contribution in [1.82, 2.24) is 0 Å². The van der Waals surface area contributed by atoms with Gasteiger partial charge in [-0.3, -0.25) is 0 Å². The quantitative estimate of drug-likeness (QED) is 0.145. The van der Waals surface area contributed by atoms with Crippen LogP contribution in [0.4, 0.5) is 0 Å². The van der Waals surface area contributed by atoms with E-state index in [9.17, 15) is 0 Å². The first-order valence-corrected chi connectivity index (χ1v) is 14.3. The lowest BCUT2D eigenvalue weighted by Crippen LogP contribution is -1.89. The van der Waals surface area contributed by atoms with Crippen LogP contribution in [0, 0.1) is 6.92 Å². The van der Waals surface area contributed by atoms with E-state index in [1.54, 1.807) is 0 Å². The molecule has 0 heteroatoms. The number of hydrogen-bond donors (Lipinski definition) is 0. The van der Waals surface area contributed by atoms with Crippen LogP contribution in [0.5, 0.6) is 0 Å². The second-order valence-corrected chi connectivity index (χ2v) is 9.93. The van der Waals surface area contributed by atoms with E-state index in [1.165, 1.54) is 50.1 Å². The second kappa shape index (κ2) is 16.2. The first-order valence-electron chi connectivity index (χ1n) is 14.3. The molecule has 0 saturated heterocycles. The van der Waals surface area contributed by atoms with Crippen LogP contribution in [0.1, 0.15) is 33.4 Å². The monoisotopic (exact) mass is 542 g/mol. The fourth-order valence-corrected chi connectivity index (χ4v) is 4.69. The van der Waals surface area contributed by atoms with Crippen LogP contribution < -0.4 is 0 Å². The number of benzene rings is 6. The standard InChI is InChI=1S/C33H26.C7H8.C2H4/c1-4-10-26(11-5-1)24-27-16-20-29(21-17-27)30-22-18-28(19-23-30)25-33(31-12-6-2-7-13-31)32-14-8-3-9-15-32;1-7-5-3-2-4-6-7;1-2/h1-23,25H,24H2;2-6H,1H3;1-2H2. The van der Waals surface area contributed by atoms with Crippen molar-refractivity contribution in [2.45, 2.75) is 13.3 Å². The molecule has 0 amide bonds. The van der Waals surface area contributed by atoms with Gasteiger partial charge in [0.15, 0.2) is 0 Å². The van der Waals surface area contributed by atoms with Crippen LogP contribution in [0.2, 0.25) is 0 Å². The van der Waals surface area contributed by atoms with Gasteiger partial charge in [0, 0.05) is 0 Å². The predicted molar refractivity (Wildman–Crippen MR) is 183 cm³/mol. The second-order valence-electron chi connectivity index (χ2n) is 9.93. The van der Waals surface area contributed by atoms with Crippen LogP contribution in [0.25, 0.3) is 22.8 Å². The van der Waals surface area contributed by atoms with Gasteiger partial charge in [-0.05, 0) is 63.9 Å². The van der Waals surface area contributed by atoms with Crippen LogP contribution in [0.3, 0.4) is 0 Å². The molecule has 0 aromatic heterocycles. The Morgan fingerprint density at radius 1 is 0.452 bits per heavy atom. The van der Waals surface area contributed by atoms with Gasteiger partial charge in [-0.2, -0.15) is 0 Å². The molecule has 206 valence electrons. The van der Waals surface area contributed by atoms with Crippen molar-refractivity contribution in [2.75, 3.05) is 0 Å². The lowest BCUT2D eigenvalue weighted by Gasteiger charge is -2.10.